The van der Waals surface area contributed by atoms with Crippen molar-refractivity contribution in [2.75, 3.05) is 11.9 Å². The topological polar surface area (TPSA) is 52.6 Å². The Morgan fingerprint density at radius 2 is 1.34 bits per heavy atom. The van der Waals surface area contributed by atoms with Crippen LogP contribution in [-0.4, -0.2) is 22.6 Å². The van der Waals surface area contributed by atoms with Crippen molar-refractivity contribution in [3.63, 3.8) is 0 Å². The summed E-state index contributed by atoms with van der Waals surface area (Å²) >= 11 is 0. The van der Waals surface area contributed by atoms with Gasteiger partial charge in [-0.15, -0.1) is 0 Å². The highest BCUT2D eigenvalue weighted by Gasteiger charge is 2.26. The Hall–Kier alpha value is -3.27. The van der Waals surface area contributed by atoms with Crippen molar-refractivity contribution < 1.29 is 9.90 Å². The molecule has 4 nitrogen and oxygen atoms in total. The molecule has 41 heavy (non-hydrogen) atoms. The standard InChI is InChI=1S/C37H52N2O2/c1-8-9-10-11-17-24-39(27-28-18-13-12-14-19-28)35(41)38-33-21-16-15-20-30(33)23-22-29-25-31(36(2,3)4)34(40)32(26-29)37(5,6)7/h12-16,18-21,25-26,40H,8-11,17,22-24,27H2,1-7H3,(H,38,41). The van der Waals surface area contributed by atoms with E-state index in [9.17, 15) is 9.90 Å². The largest absolute Gasteiger partial charge is 0.507 e. The molecule has 3 aromatic carbocycles. The van der Waals surface area contributed by atoms with E-state index in [4.69, 9.17) is 0 Å². The van der Waals surface area contributed by atoms with Gasteiger partial charge in [0, 0.05) is 18.8 Å². The summed E-state index contributed by atoms with van der Waals surface area (Å²) in [5.41, 5.74) is 5.97. The molecule has 0 aromatic heterocycles. The predicted octanol–water partition coefficient (Wildman–Crippen LogP) is 9.78. The fraction of sp³-hybridized carbons (Fsp3) is 0.486. The maximum absolute atomic E-state index is 13.6. The minimum atomic E-state index is -0.162. The number of rotatable bonds is 12. The van der Waals surface area contributed by atoms with Gasteiger partial charge in [0.05, 0.1) is 0 Å². The number of carbonyl (C=O) groups is 1. The Kier molecular flexibility index (Phi) is 11.5. The molecule has 3 aromatic rings. The third-order valence-corrected chi connectivity index (χ3v) is 7.76. The molecule has 0 aliphatic rings. The van der Waals surface area contributed by atoms with Gasteiger partial charge in [-0.3, -0.25) is 0 Å². The van der Waals surface area contributed by atoms with Crippen LogP contribution in [0.15, 0.2) is 66.7 Å². The highest BCUT2D eigenvalue weighted by molar-refractivity contribution is 5.90. The monoisotopic (exact) mass is 556 g/mol. The zero-order valence-electron chi connectivity index (χ0n) is 26.5. The number of amides is 2. The summed E-state index contributed by atoms with van der Waals surface area (Å²) in [4.78, 5) is 15.5. The van der Waals surface area contributed by atoms with Gasteiger partial charge < -0.3 is 15.3 Å². The summed E-state index contributed by atoms with van der Waals surface area (Å²) in [5.74, 6) is 0.412. The molecule has 3 rings (SSSR count). The van der Waals surface area contributed by atoms with Crippen LogP contribution in [0, 0.1) is 0 Å². The molecule has 0 fully saturated rings. The number of nitrogens with one attached hydrogen (secondary N) is 1. The lowest BCUT2D eigenvalue weighted by Crippen LogP contribution is -2.35. The first-order valence-corrected chi connectivity index (χ1v) is 15.4. The SMILES string of the molecule is CCCCCCCN(Cc1ccccc1)C(=O)Nc1ccccc1CCc1cc(C(C)(C)C)c(O)c(C(C)(C)C)c1. The molecule has 2 amide bonds. The van der Waals surface area contributed by atoms with Gasteiger partial charge in [0.15, 0.2) is 0 Å². The van der Waals surface area contributed by atoms with Crippen molar-refractivity contribution in [1.82, 2.24) is 4.90 Å². The lowest BCUT2D eigenvalue weighted by molar-refractivity contribution is 0.207. The summed E-state index contributed by atoms with van der Waals surface area (Å²) in [5, 5.41) is 14.4. The summed E-state index contributed by atoms with van der Waals surface area (Å²) in [6, 6.07) is 22.6. The fourth-order valence-electron chi connectivity index (χ4n) is 5.28. The van der Waals surface area contributed by atoms with E-state index in [1.54, 1.807) is 0 Å². The number of benzene rings is 3. The van der Waals surface area contributed by atoms with Crippen molar-refractivity contribution in [3.05, 3.63) is 94.5 Å². The second kappa shape index (κ2) is 14.6. The molecule has 0 saturated carbocycles. The number of hydrogen-bond acceptors (Lipinski definition) is 2. The molecular weight excluding hydrogens is 504 g/mol. The summed E-state index contributed by atoms with van der Waals surface area (Å²) in [6.07, 6.45) is 7.44. The van der Waals surface area contributed by atoms with Crippen molar-refractivity contribution in [3.8, 4) is 5.75 Å². The molecule has 4 heteroatoms. The molecule has 0 spiro atoms. The molecule has 0 aliphatic heterocycles. The average molecular weight is 557 g/mol. The third kappa shape index (κ3) is 9.66. The Balaban J connectivity index is 1.78. The first kappa shape index (κ1) is 32.2. The fourth-order valence-corrected chi connectivity index (χ4v) is 5.28. The molecule has 0 saturated heterocycles. The quantitative estimate of drug-likeness (QED) is 0.218. The Morgan fingerprint density at radius 3 is 1.95 bits per heavy atom. The van der Waals surface area contributed by atoms with Gasteiger partial charge >= 0.3 is 6.03 Å². The number of para-hydroxylation sites is 1. The van der Waals surface area contributed by atoms with Crippen LogP contribution < -0.4 is 5.32 Å². The third-order valence-electron chi connectivity index (χ3n) is 7.76. The maximum atomic E-state index is 13.6. The van der Waals surface area contributed by atoms with Crippen LogP contribution in [0.1, 0.15) is 108 Å². The van der Waals surface area contributed by atoms with Crippen molar-refractivity contribution in [2.45, 2.75) is 111 Å². The number of aryl methyl sites for hydroxylation is 2. The number of hydrogen-bond donors (Lipinski definition) is 2. The minimum Gasteiger partial charge on any atom is -0.507 e. The van der Waals surface area contributed by atoms with Gasteiger partial charge in [-0.1, -0.05) is 135 Å². The molecule has 2 N–H and O–H groups in total. The highest BCUT2D eigenvalue weighted by Crippen LogP contribution is 2.40. The van der Waals surface area contributed by atoms with Crippen molar-refractivity contribution in [2.24, 2.45) is 0 Å². The molecular formula is C37H52N2O2. The van der Waals surface area contributed by atoms with Gasteiger partial charge in [0.2, 0.25) is 0 Å². The zero-order chi connectivity index (χ0) is 30.0. The molecule has 0 atom stereocenters. The van der Waals surface area contributed by atoms with E-state index in [-0.39, 0.29) is 16.9 Å². The molecule has 222 valence electrons. The normalized spacial score (nSPS) is 11.9. The van der Waals surface area contributed by atoms with Crippen molar-refractivity contribution >= 4 is 11.7 Å². The smallest absolute Gasteiger partial charge is 0.322 e. The van der Waals surface area contributed by atoms with Gasteiger partial charge in [-0.25, -0.2) is 4.79 Å². The number of carbonyl (C=O) groups excluding carboxylic acids is 1. The zero-order valence-corrected chi connectivity index (χ0v) is 26.5. The van der Waals surface area contributed by atoms with Gasteiger partial charge in [-0.05, 0) is 64.0 Å². The minimum absolute atomic E-state index is 0.0496. The van der Waals surface area contributed by atoms with E-state index < -0.39 is 0 Å². The van der Waals surface area contributed by atoms with Crippen LogP contribution in [0.4, 0.5) is 10.5 Å². The maximum Gasteiger partial charge on any atom is 0.322 e. The van der Waals surface area contributed by atoms with Crippen LogP contribution in [-0.2, 0) is 30.2 Å². The summed E-state index contributed by atoms with van der Waals surface area (Å²) < 4.78 is 0. The second-order valence-corrected chi connectivity index (χ2v) is 13.4. The molecule has 0 heterocycles. The highest BCUT2D eigenvalue weighted by atomic mass is 16.3. The summed E-state index contributed by atoms with van der Waals surface area (Å²) in [6.45, 7) is 16.4. The molecule has 0 radical (unpaired) electrons. The van der Waals surface area contributed by atoms with E-state index in [0.29, 0.717) is 12.3 Å². The molecule has 0 bridgehead atoms. The second-order valence-electron chi connectivity index (χ2n) is 13.4. The number of nitrogens with zero attached hydrogens (tertiary/aromatic N) is 1. The Labute approximate surface area is 249 Å². The lowest BCUT2D eigenvalue weighted by Gasteiger charge is -2.28. The number of phenolic OH excluding ortho intramolecular Hbond substituents is 1. The van der Waals surface area contributed by atoms with Crippen LogP contribution in [0.25, 0.3) is 0 Å². The van der Waals surface area contributed by atoms with Gasteiger partial charge in [-0.2, -0.15) is 0 Å². The number of aromatic hydroxyl groups is 1. The number of anilines is 1. The number of urea groups is 1. The van der Waals surface area contributed by atoms with E-state index in [0.717, 1.165) is 60.2 Å². The van der Waals surface area contributed by atoms with Crippen LogP contribution >= 0.6 is 0 Å². The predicted molar refractivity (Wildman–Crippen MR) is 174 cm³/mol. The van der Waals surface area contributed by atoms with E-state index in [1.165, 1.54) is 24.8 Å². The van der Waals surface area contributed by atoms with Crippen LogP contribution in [0.3, 0.4) is 0 Å². The Bertz CT molecular complexity index is 1220. The van der Waals surface area contributed by atoms with Crippen molar-refractivity contribution in [1.29, 1.82) is 0 Å². The summed E-state index contributed by atoms with van der Waals surface area (Å²) in [7, 11) is 0. The van der Waals surface area contributed by atoms with E-state index in [2.05, 4.69) is 84.1 Å². The molecule has 0 aliphatic carbocycles. The van der Waals surface area contributed by atoms with Gasteiger partial charge in [0.25, 0.3) is 0 Å². The number of phenols is 1. The molecule has 0 unspecified atom stereocenters. The lowest BCUT2D eigenvalue weighted by atomic mass is 9.78. The van der Waals surface area contributed by atoms with E-state index in [1.807, 2.05) is 41.3 Å². The Morgan fingerprint density at radius 1 is 0.756 bits per heavy atom. The number of unbranched alkanes of at least 4 members (excludes halogenated alkanes) is 4. The van der Waals surface area contributed by atoms with Crippen LogP contribution in [0.5, 0.6) is 5.75 Å². The van der Waals surface area contributed by atoms with E-state index >= 15 is 0 Å². The first-order chi connectivity index (χ1) is 19.4. The average Bonchev–Trinajstić information content (AvgIpc) is 2.91. The van der Waals surface area contributed by atoms with Gasteiger partial charge in [0.1, 0.15) is 5.75 Å². The van der Waals surface area contributed by atoms with Crippen LogP contribution in [0.2, 0.25) is 0 Å². The first-order valence-electron chi connectivity index (χ1n) is 15.4.